The normalized spacial score (nSPS) is 24.8. The molecule has 0 saturated heterocycles. The SMILES string of the molecule is CC1(N)C=CC=C(c2ccccc2)C=C1. The summed E-state index contributed by atoms with van der Waals surface area (Å²) in [5.41, 5.74) is 8.08. The van der Waals surface area contributed by atoms with E-state index < -0.39 is 0 Å². The van der Waals surface area contributed by atoms with Crippen molar-refractivity contribution in [3.8, 4) is 0 Å². The monoisotopic (exact) mass is 197 g/mol. The smallest absolute Gasteiger partial charge is 0.0502 e. The van der Waals surface area contributed by atoms with E-state index in [9.17, 15) is 0 Å². The van der Waals surface area contributed by atoms with E-state index in [0.29, 0.717) is 0 Å². The lowest BCUT2D eigenvalue weighted by Gasteiger charge is -2.12. The first-order chi connectivity index (χ1) is 7.17. The summed E-state index contributed by atoms with van der Waals surface area (Å²) >= 11 is 0. The molecule has 15 heavy (non-hydrogen) atoms. The molecule has 1 nitrogen and oxygen atoms in total. The molecule has 0 aromatic heterocycles. The molecule has 1 heteroatoms. The minimum absolute atomic E-state index is 0.340. The summed E-state index contributed by atoms with van der Waals surface area (Å²) in [4.78, 5) is 0. The summed E-state index contributed by atoms with van der Waals surface area (Å²) in [6, 6.07) is 10.3. The second-order valence-electron chi connectivity index (χ2n) is 4.05. The molecule has 1 aliphatic carbocycles. The third kappa shape index (κ3) is 2.45. The van der Waals surface area contributed by atoms with Gasteiger partial charge >= 0.3 is 0 Å². The van der Waals surface area contributed by atoms with Crippen LogP contribution in [0.5, 0.6) is 0 Å². The van der Waals surface area contributed by atoms with Crippen LogP contribution in [0.2, 0.25) is 0 Å². The molecule has 0 saturated carbocycles. The minimum atomic E-state index is -0.340. The van der Waals surface area contributed by atoms with Crippen LogP contribution in [0.3, 0.4) is 0 Å². The van der Waals surface area contributed by atoms with E-state index in [4.69, 9.17) is 5.73 Å². The lowest BCUT2D eigenvalue weighted by molar-refractivity contribution is 0.736. The van der Waals surface area contributed by atoms with Crippen LogP contribution in [0, 0.1) is 0 Å². The Kier molecular flexibility index (Phi) is 2.57. The zero-order valence-corrected chi connectivity index (χ0v) is 8.85. The van der Waals surface area contributed by atoms with E-state index in [1.54, 1.807) is 0 Å². The van der Waals surface area contributed by atoms with E-state index in [1.807, 2.05) is 43.4 Å². The summed E-state index contributed by atoms with van der Waals surface area (Å²) in [7, 11) is 0. The molecule has 0 fully saturated rings. The molecule has 0 aliphatic heterocycles. The van der Waals surface area contributed by atoms with E-state index >= 15 is 0 Å². The van der Waals surface area contributed by atoms with Crippen LogP contribution in [-0.2, 0) is 0 Å². The fraction of sp³-hybridized carbons (Fsp3) is 0.143. The maximum absolute atomic E-state index is 6.01. The van der Waals surface area contributed by atoms with E-state index in [1.165, 1.54) is 11.1 Å². The van der Waals surface area contributed by atoms with Gasteiger partial charge in [-0.2, -0.15) is 0 Å². The van der Waals surface area contributed by atoms with Gasteiger partial charge in [0.15, 0.2) is 0 Å². The molecule has 0 radical (unpaired) electrons. The first-order valence-corrected chi connectivity index (χ1v) is 5.10. The fourth-order valence-electron chi connectivity index (χ4n) is 1.56. The lowest BCUT2D eigenvalue weighted by Crippen LogP contribution is -2.30. The second kappa shape index (κ2) is 3.87. The summed E-state index contributed by atoms with van der Waals surface area (Å²) in [5.74, 6) is 0. The minimum Gasteiger partial charge on any atom is -0.319 e. The number of benzene rings is 1. The van der Waals surface area contributed by atoms with E-state index in [2.05, 4.69) is 24.3 Å². The first kappa shape index (κ1) is 9.94. The molecule has 1 aromatic rings. The van der Waals surface area contributed by atoms with Crippen molar-refractivity contribution in [3.63, 3.8) is 0 Å². The first-order valence-electron chi connectivity index (χ1n) is 5.10. The third-order valence-electron chi connectivity index (χ3n) is 2.46. The molecular formula is C14H15N. The maximum Gasteiger partial charge on any atom is 0.0502 e. The molecule has 0 spiro atoms. The van der Waals surface area contributed by atoms with Crippen molar-refractivity contribution in [2.24, 2.45) is 5.73 Å². The van der Waals surface area contributed by atoms with Crippen molar-refractivity contribution in [1.29, 1.82) is 0 Å². The van der Waals surface area contributed by atoms with Gasteiger partial charge in [-0.1, -0.05) is 60.7 Å². The Morgan fingerprint density at radius 1 is 1.07 bits per heavy atom. The standard InChI is InChI=1S/C14H15N/c1-14(15)10-5-8-13(9-11-14)12-6-3-2-4-7-12/h2-11H,15H2,1H3. The topological polar surface area (TPSA) is 26.0 Å². The van der Waals surface area contributed by atoms with Crippen LogP contribution >= 0.6 is 0 Å². The predicted octanol–water partition coefficient (Wildman–Crippen LogP) is 2.91. The van der Waals surface area contributed by atoms with Crippen molar-refractivity contribution in [2.45, 2.75) is 12.5 Å². The summed E-state index contributed by atoms with van der Waals surface area (Å²) < 4.78 is 0. The van der Waals surface area contributed by atoms with Crippen LogP contribution in [0.25, 0.3) is 5.57 Å². The Hall–Kier alpha value is -1.60. The van der Waals surface area contributed by atoms with Crippen molar-refractivity contribution in [1.82, 2.24) is 0 Å². The highest BCUT2D eigenvalue weighted by Gasteiger charge is 2.10. The van der Waals surface area contributed by atoms with Crippen molar-refractivity contribution < 1.29 is 0 Å². The average Bonchev–Trinajstić information content (AvgIpc) is 2.41. The van der Waals surface area contributed by atoms with Gasteiger partial charge in [0, 0.05) is 0 Å². The van der Waals surface area contributed by atoms with Crippen LogP contribution in [-0.4, -0.2) is 5.54 Å². The molecule has 1 aromatic carbocycles. The molecule has 1 unspecified atom stereocenters. The highest BCUT2D eigenvalue weighted by molar-refractivity contribution is 5.76. The maximum atomic E-state index is 6.01. The Bertz CT molecular complexity index is 422. The number of hydrogen-bond acceptors (Lipinski definition) is 1. The molecule has 0 bridgehead atoms. The third-order valence-corrected chi connectivity index (χ3v) is 2.46. The number of hydrogen-bond donors (Lipinski definition) is 1. The van der Waals surface area contributed by atoms with Gasteiger partial charge in [-0.25, -0.2) is 0 Å². The molecule has 0 heterocycles. The Morgan fingerprint density at radius 3 is 2.53 bits per heavy atom. The van der Waals surface area contributed by atoms with Gasteiger partial charge in [0.05, 0.1) is 5.54 Å². The van der Waals surface area contributed by atoms with Crippen LogP contribution < -0.4 is 5.73 Å². The summed E-state index contributed by atoms with van der Waals surface area (Å²) in [6.07, 6.45) is 10.2. The quantitative estimate of drug-likeness (QED) is 0.736. The van der Waals surface area contributed by atoms with Gasteiger partial charge in [-0.3, -0.25) is 0 Å². The lowest BCUT2D eigenvalue weighted by atomic mass is 10.0. The average molecular weight is 197 g/mol. The fourth-order valence-corrected chi connectivity index (χ4v) is 1.56. The van der Waals surface area contributed by atoms with Crippen molar-refractivity contribution >= 4 is 5.57 Å². The molecule has 2 rings (SSSR count). The van der Waals surface area contributed by atoms with Crippen LogP contribution in [0.15, 0.2) is 60.7 Å². The van der Waals surface area contributed by atoms with Crippen LogP contribution in [0.4, 0.5) is 0 Å². The van der Waals surface area contributed by atoms with Gasteiger partial charge in [0.2, 0.25) is 0 Å². The van der Waals surface area contributed by atoms with E-state index in [-0.39, 0.29) is 5.54 Å². The zero-order valence-electron chi connectivity index (χ0n) is 8.85. The second-order valence-corrected chi connectivity index (χ2v) is 4.05. The molecule has 76 valence electrons. The Morgan fingerprint density at radius 2 is 1.80 bits per heavy atom. The number of allylic oxidation sites excluding steroid dienone is 4. The molecular weight excluding hydrogens is 182 g/mol. The predicted molar refractivity (Wildman–Crippen MR) is 65.3 cm³/mol. The van der Waals surface area contributed by atoms with E-state index in [0.717, 1.165) is 0 Å². The van der Waals surface area contributed by atoms with Gasteiger partial charge in [0.1, 0.15) is 0 Å². The van der Waals surface area contributed by atoms with Crippen molar-refractivity contribution in [2.75, 3.05) is 0 Å². The number of nitrogens with two attached hydrogens (primary N) is 1. The highest BCUT2D eigenvalue weighted by atomic mass is 14.7. The van der Waals surface area contributed by atoms with Gasteiger partial charge in [0.25, 0.3) is 0 Å². The Labute approximate surface area is 90.6 Å². The Balaban J connectivity index is 2.34. The number of rotatable bonds is 1. The zero-order chi connectivity index (χ0) is 10.7. The van der Waals surface area contributed by atoms with Gasteiger partial charge in [-0.05, 0) is 18.1 Å². The molecule has 0 amide bonds. The van der Waals surface area contributed by atoms with Crippen molar-refractivity contribution in [3.05, 3.63) is 66.3 Å². The van der Waals surface area contributed by atoms with Gasteiger partial charge < -0.3 is 5.73 Å². The molecule has 1 aliphatic rings. The molecule has 1 atom stereocenters. The van der Waals surface area contributed by atoms with Crippen LogP contribution in [0.1, 0.15) is 12.5 Å². The summed E-state index contributed by atoms with van der Waals surface area (Å²) in [5, 5.41) is 0. The highest BCUT2D eigenvalue weighted by Crippen LogP contribution is 2.20. The molecule has 2 N–H and O–H groups in total. The van der Waals surface area contributed by atoms with Gasteiger partial charge in [-0.15, -0.1) is 0 Å². The summed E-state index contributed by atoms with van der Waals surface area (Å²) in [6.45, 7) is 1.99. The largest absolute Gasteiger partial charge is 0.319 e.